The van der Waals surface area contributed by atoms with Gasteiger partial charge in [-0.15, -0.1) is 0 Å². The van der Waals surface area contributed by atoms with Crippen LogP contribution in [-0.4, -0.2) is 55.1 Å². The molecule has 32 heavy (non-hydrogen) atoms. The van der Waals surface area contributed by atoms with E-state index in [4.69, 9.17) is 9.47 Å². The van der Waals surface area contributed by atoms with Crippen molar-refractivity contribution in [2.75, 3.05) is 11.9 Å². The Bertz CT molecular complexity index is 1170. The highest BCUT2D eigenvalue weighted by atomic mass is 19.1. The zero-order valence-corrected chi connectivity index (χ0v) is 17.5. The van der Waals surface area contributed by atoms with Crippen molar-refractivity contribution in [3.05, 3.63) is 35.9 Å². The van der Waals surface area contributed by atoms with Crippen molar-refractivity contribution in [3.63, 3.8) is 0 Å². The molecule has 1 saturated heterocycles. The Labute approximate surface area is 182 Å². The van der Waals surface area contributed by atoms with E-state index in [1.54, 1.807) is 12.3 Å². The summed E-state index contributed by atoms with van der Waals surface area (Å²) < 4.78 is 27.7. The molecular formula is C21H24FN7O3. The van der Waals surface area contributed by atoms with Crippen molar-refractivity contribution < 1.29 is 18.7 Å². The number of rotatable bonds is 6. The van der Waals surface area contributed by atoms with Gasteiger partial charge in [0.1, 0.15) is 11.8 Å². The van der Waals surface area contributed by atoms with Crippen LogP contribution in [0.4, 0.5) is 21.0 Å². The molecule has 2 saturated carbocycles. The number of H-pyrrole nitrogens is 1. The Morgan fingerprint density at radius 2 is 2.25 bits per heavy atom. The van der Waals surface area contributed by atoms with Gasteiger partial charge >= 0.3 is 6.09 Å². The molecule has 3 aromatic rings. The van der Waals surface area contributed by atoms with Crippen LogP contribution in [0.25, 0.3) is 5.65 Å². The summed E-state index contributed by atoms with van der Waals surface area (Å²) in [6, 6.07) is 3.52. The fraction of sp³-hybridized carbons (Fsp3) is 0.524. The molecule has 2 aliphatic carbocycles. The molecule has 168 valence electrons. The van der Waals surface area contributed by atoms with Gasteiger partial charge in [0.2, 0.25) is 5.95 Å². The first-order chi connectivity index (χ1) is 15.5. The molecule has 3 atom stereocenters. The zero-order chi connectivity index (χ0) is 21.9. The predicted molar refractivity (Wildman–Crippen MR) is 111 cm³/mol. The van der Waals surface area contributed by atoms with Crippen molar-refractivity contribution >= 4 is 23.5 Å². The normalized spacial score (nSPS) is 26.2. The number of anilines is 2. The summed E-state index contributed by atoms with van der Waals surface area (Å²) in [7, 11) is 0. The van der Waals surface area contributed by atoms with Crippen LogP contribution >= 0.6 is 0 Å². The lowest BCUT2D eigenvalue weighted by Gasteiger charge is -2.17. The number of hydrogen-bond donors (Lipinski definition) is 3. The molecule has 10 nitrogen and oxygen atoms in total. The first-order valence-corrected chi connectivity index (χ1v) is 10.9. The van der Waals surface area contributed by atoms with Crippen LogP contribution in [0.3, 0.4) is 0 Å². The van der Waals surface area contributed by atoms with Crippen LogP contribution in [0.2, 0.25) is 0 Å². The average molecular weight is 441 g/mol. The van der Waals surface area contributed by atoms with Gasteiger partial charge in [0.25, 0.3) is 0 Å². The molecule has 1 aliphatic heterocycles. The number of carbonyl (C=O) groups is 1. The van der Waals surface area contributed by atoms with Crippen molar-refractivity contribution in [3.8, 4) is 0 Å². The second-order valence-corrected chi connectivity index (χ2v) is 9.10. The predicted octanol–water partition coefficient (Wildman–Crippen LogP) is 3.13. The van der Waals surface area contributed by atoms with Crippen LogP contribution in [0, 0.1) is 0 Å². The third-order valence-electron chi connectivity index (χ3n) is 6.29. The molecule has 1 amide bonds. The van der Waals surface area contributed by atoms with Crippen LogP contribution < -0.4 is 10.6 Å². The van der Waals surface area contributed by atoms with Crippen molar-refractivity contribution in [2.24, 2.45) is 0 Å². The lowest BCUT2D eigenvalue weighted by molar-refractivity contribution is 0.0604. The summed E-state index contributed by atoms with van der Waals surface area (Å²) in [5.41, 5.74) is 2.10. The lowest BCUT2D eigenvalue weighted by Crippen LogP contribution is -2.39. The summed E-state index contributed by atoms with van der Waals surface area (Å²) >= 11 is 0. The lowest BCUT2D eigenvalue weighted by atomic mass is 10.1. The minimum atomic E-state index is -1.50. The van der Waals surface area contributed by atoms with E-state index in [1.807, 2.05) is 23.6 Å². The molecule has 6 rings (SSSR count). The van der Waals surface area contributed by atoms with E-state index in [0.717, 1.165) is 24.2 Å². The Balaban J connectivity index is 1.13. The number of alkyl carbamates (subject to hydrolysis) is 1. The molecular weight excluding hydrogens is 417 g/mol. The Hall–Kier alpha value is -3.21. The van der Waals surface area contributed by atoms with Gasteiger partial charge in [-0.3, -0.25) is 9.50 Å². The van der Waals surface area contributed by atoms with E-state index in [0.29, 0.717) is 23.4 Å². The van der Waals surface area contributed by atoms with Gasteiger partial charge in [-0.25, -0.2) is 19.2 Å². The van der Waals surface area contributed by atoms with Gasteiger partial charge in [0, 0.05) is 29.9 Å². The first kappa shape index (κ1) is 19.5. The number of alkyl halides is 1. The number of halogens is 1. The first-order valence-electron chi connectivity index (χ1n) is 10.9. The third kappa shape index (κ3) is 3.66. The standard InChI is InChI=1S/C21H24FN7O3/c1-21(5-6-21)26-20(30)32-14-10-31-18(17(14)22)12-8-15(28-27-12)25-19-23-7-4-16-24-13(9-29(16)19)11-2-3-11/h4,7-9,11,14,17-18H,2-3,5-6,10H2,1H3,(H,26,30)(H2,23,25,27,28)/t14-,17-,18-/m1/s1. The topological polar surface area (TPSA) is 118 Å². The second kappa shape index (κ2) is 7.16. The van der Waals surface area contributed by atoms with Crippen molar-refractivity contribution in [2.45, 2.75) is 62.4 Å². The highest BCUT2D eigenvalue weighted by molar-refractivity contribution is 5.69. The summed E-state index contributed by atoms with van der Waals surface area (Å²) in [6.07, 6.45) is 3.83. The Morgan fingerprint density at radius 1 is 1.41 bits per heavy atom. The molecule has 0 unspecified atom stereocenters. The molecule has 3 aliphatic rings. The van der Waals surface area contributed by atoms with E-state index < -0.39 is 24.5 Å². The van der Waals surface area contributed by atoms with Crippen LogP contribution in [0.15, 0.2) is 24.5 Å². The minimum absolute atomic E-state index is 0.0163. The molecule has 3 aromatic heterocycles. The summed E-state index contributed by atoms with van der Waals surface area (Å²) in [5, 5.41) is 12.9. The van der Waals surface area contributed by atoms with E-state index >= 15 is 0 Å². The minimum Gasteiger partial charge on any atom is -0.441 e. The number of ether oxygens (including phenoxy) is 2. The van der Waals surface area contributed by atoms with Gasteiger partial charge in [-0.05, 0) is 38.7 Å². The second-order valence-electron chi connectivity index (χ2n) is 9.10. The molecule has 11 heteroatoms. The maximum Gasteiger partial charge on any atom is 0.408 e. The van der Waals surface area contributed by atoms with Gasteiger partial charge in [0.05, 0.1) is 18.0 Å². The molecule has 0 bridgehead atoms. The number of carbonyl (C=O) groups excluding carboxylic acids is 1. The van der Waals surface area contributed by atoms with E-state index in [9.17, 15) is 9.18 Å². The van der Waals surface area contributed by atoms with Crippen LogP contribution in [0.5, 0.6) is 0 Å². The fourth-order valence-electron chi connectivity index (χ4n) is 3.93. The maximum absolute atomic E-state index is 15.0. The smallest absolute Gasteiger partial charge is 0.408 e. The Kier molecular flexibility index (Phi) is 4.36. The number of hydrogen-bond acceptors (Lipinski definition) is 7. The van der Waals surface area contributed by atoms with E-state index in [2.05, 4.69) is 30.8 Å². The number of nitrogens with one attached hydrogen (secondary N) is 3. The highest BCUT2D eigenvalue weighted by Crippen LogP contribution is 2.40. The van der Waals surface area contributed by atoms with Gasteiger partial charge in [-0.2, -0.15) is 5.10 Å². The van der Waals surface area contributed by atoms with Crippen LogP contribution in [-0.2, 0) is 9.47 Å². The number of amides is 1. The molecule has 0 aromatic carbocycles. The maximum atomic E-state index is 15.0. The molecule has 0 radical (unpaired) electrons. The Morgan fingerprint density at radius 3 is 3.03 bits per heavy atom. The van der Waals surface area contributed by atoms with Gasteiger partial charge in [-0.1, -0.05) is 0 Å². The third-order valence-corrected chi connectivity index (χ3v) is 6.29. The average Bonchev–Trinajstić information content (AvgIpc) is 3.59. The van der Waals surface area contributed by atoms with Crippen molar-refractivity contribution in [1.29, 1.82) is 0 Å². The number of aromatic nitrogens is 5. The quantitative estimate of drug-likeness (QED) is 0.538. The summed E-state index contributed by atoms with van der Waals surface area (Å²) in [5.74, 6) is 1.57. The van der Waals surface area contributed by atoms with Gasteiger partial charge < -0.3 is 20.1 Å². The summed E-state index contributed by atoms with van der Waals surface area (Å²) in [4.78, 5) is 21.0. The fourth-order valence-corrected chi connectivity index (χ4v) is 3.93. The number of aromatic amines is 1. The van der Waals surface area contributed by atoms with Gasteiger partial charge in [0.15, 0.2) is 18.1 Å². The van der Waals surface area contributed by atoms with Crippen LogP contribution in [0.1, 0.15) is 56.0 Å². The number of imidazole rings is 1. The molecule has 3 N–H and O–H groups in total. The van der Waals surface area contributed by atoms with Crippen molar-refractivity contribution in [1.82, 2.24) is 29.9 Å². The molecule has 0 spiro atoms. The monoisotopic (exact) mass is 441 g/mol. The highest BCUT2D eigenvalue weighted by Gasteiger charge is 2.44. The molecule has 4 heterocycles. The number of nitrogens with zero attached hydrogens (tertiary/aromatic N) is 4. The SMILES string of the molecule is CC1(NC(=O)O[C@@H]2CO[C@H](c3cc(Nc4nccc5nc(C6CC6)cn45)n[nH]3)[C@@H]2F)CC1. The van der Waals surface area contributed by atoms with E-state index in [1.165, 1.54) is 12.8 Å². The summed E-state index contributed by atoms with van der Waals surface area (Å²) in [6.45, 7) is 1.91. The molecule has 3 fully saturated rings. The van der Waals surface area contributed by atoms with E-state index in [-0.39, 0.29) is 12.1 Å². The largest absolute Gasteiger partial charge is 0.441 e. The zero-order valence-electron chi connectivity index (χ0n) is 17.5. The number of fused-ring (bicyclic) bond motifs is 1.